The minimum atomic E-state index is -0.878. The lowest BCUT2D eigenvalue weighted by atomic mass is 9.85. The number of hydrogen-bond acceptors (Lipinski definition) is 4. The van der Waals surface area contributed by atoms with Gasteiger partial charge in [0.2, 0.25) is 17.7 Å². The van der Waals surface area contributed by atoms with Gasteiger partial charge in [-0.25, -0.2) is 0 Å². The normalized spacial score (nSPS) is 22.9. The molecule has 144 valence electrons. The van der Waals surface area contributed by atoms with Crippen molar-refractivity contribution in [3.05, 3.63) is 35.9 Å². The zero-order valence-electron chi connectivity index (χ0n) is 15.9. The van der Waals surface area contributed by atoms with E-state index >= 15 is 0 Å². The molecule has 0 unspecified atom stereocenters. The lowest BCUT2D eigenvalue weighted by Crippen LogP contribution is -2.48. The van der Waals surface area contributed by atoms with Crippen LogP contribution in [0.3, 0.4) is 0 Å². The highest BCUT2D eigenvalue weighted by Crippen LogP contribution is 2.37. The first-order valence-corrected chi connectivity index (χ1v) is 9.42. The molecular weight excluding hydrogens is 344 g/mol. The summed E-state index contributed by atoms with van der Waals surface area (Å²) in [6.45, 7) is 5.73. The Hall–Kier alpha value is -2.63. The standard InChI is InChI=1S/C21H26N2O4/c1-12(2)10-17(19(25)22-16-9-8-13(3)11-18(16)24)23-20(26)14-6-4-5-7-15(14)21(23)27/h4-5,8-9,11-12,14-15,17,24H,6-7,10H2,1-3H3,(H,22,25)/t14-,15-,17-/m0/s1. The van der Waals surface area contributed by atoms with Gasteiger partial charge in [-0.3, -0.25) is 19.3 Å². The number of amides is 3. The second-order valence-electron chi connectivity index (χ2n) is 7.86. The summed E-state index contributed by atoms with van der Waals surface area (Å²) in [5.74, 6) is -1.62. The van der Waals surface area contributed by atoms with Gasteiger partial charge < -0.3 is 10.4 Å². The number of nitrogens with zero attached hydrogens (tertiary/aromatic N) is 1. The van der Waals surface area contributed by atoms with E-state index < -0.39 is 11.9 Å². The Morgan fingerprint density at radius 3 is 2.30 bits per heavy atom. The number of phenolic OH excluding ortho intramolecular Hbond substituents is 1. The number of fused-ring (bicyclic) bond motifs is 1. The van der Waals surface area contributed by atoms with E-state index in [2.05, 4.69) is 5.32 Å². The van der Waals surface area contributed by atoms with Crippen molar-refractivity contribution in [3.8, 4) is 5.75 Å². The summed E-state index contributed by atoms with van der Waals surface area (Å²) in [5.41, 5.74) is 1.14. The highest BCUT2D eigenvalue weighted by molar-refractivity contribution is 6.10. The van der Waals surface area contributed by atoms with Gasteiger partial charge in [-0.1, -0.05) is 32.1 Å². The van der Waals surface area contributed by atoms with E-state index in [0.717, 1.165) is 5.56 Å². The molecule has 1 heterocycles. The number of allylic oxidation sites excluding steroid dienone is 2. The molecule has 3 amide bonds. The minimum absolute atomic E-state index is 0.0383. The lowest BCUT2D eigenvalue weighted by Gasteiger charge is -2.27. The third kappa shape index (κ3) is 3.75. The molecule has 2 N–H and O–H groups in total. The van der Waals surface area contributed by atoms with E-state index in [1.54, 1.807) is 18.2 Å². The summed E-state index contributed by atoms with van der Waals surface area (Å²) in [6.07, 6.45) is 5.32. The maximum absolute atomic E-state index is 13.0. The van der Waals surface area contributed by atoms with Crippen LogP contribution in [0.25, 0.3) is 0 Å². The van der Waals surface area contributed by atoms with E-state index in [-0.39, 0.29) is 41.0 Å². The Morgan fingerprint density at radius 1 is 1.19 bits per heavy atom. The van der Waals surface area contributed by atoms with Crippen molar-refractivity contribution < 1.29 is 19.5 Å². The van der Waals surface area contributed by atoms with E-state index in [4.69, 9.17) is 0 Å². The van der Waals surface area contributed by atoms with Crippen LogP contribution in [0.15, 0.2) is 30.4 Å². The van der Waals surface area contributed by atoms with Gasteiger partial charge in [0.15, 0.2) is 0 Å². The number of aromatic hydroxyl groups is 1. The number of aryl methyl sites for hydroxylation is 1. The van der Waals surface area contributed by atoms with E-state index in [1.807, 2.05) is 32.9 Å². The van der Waals surface area contributed by atoms with E-state index in [9.17, 15) is 19.5 Å². The second-order valence-corrected chi connectivity index (χ2v) is 7.86. The molecular formula is C21H26N2O4. The number of carbonyl (C=O) groups is 3. The van der Waals surface area contributed by atoms with Gasteiger partial charge in [0.05, 0.1) is 17.5 Å². The van der Waals surface area contributed by atoms with Crippen LogP contribution in [0, 0.1) is 24.7 Å². The van der Waals surface area contributed by atoms with Crippen LogP contribution in [0.1, 0.15) is 38.7 Å². The number of phenols is 1. The highest BCUT2D eigenvalue weighted by Gasteiger charge is 2.51. The molecule has 3 rings (SSSR count). The Kier molecular flexibility index (Phi) is 5.35. The largest absolute Gasteiger partial charge is 0.506 e. The molecule has 3 atom stereocenters. The molecule has 0 saturated carbocycles. The fraction of sp³-hybridized carbons (Fsp3) is 0.476. The summed E-state index contributed by atoms with van der Waals surface area (Å²) in [7, 11) is 0. The van der Waals surface area contributed by atoms with Crippen molar-refractivity contribution in [1.82, 2.24) is 4.90 Å². The first-order chi connectivity index (χ1) is 12.8. The lowest BCUT2D eigenvalue weighted by molar-refractivity contribution is -0.147. The fourth-order valence-electron chi connectivity index (χ4n) is 3.87. The molecule has 1 aliphatic heterocycles. The third-order valence-corrected chi connectivity index (χ3v) is 5.26. The number of carbonyl (C=O) groups excluding carboxylic acids is 3. The van der Waals surface area contributed by atoms with Gasteiger partial charge in [0, 0.05) is 0 Å². The van der Waals surface area contributed by atoms with Gasteiger partial charge in [-0.15, -0.1) is 0 Å². The number of imide groups is 1. The maximum Gasteiger partial charge on any atom is 0.247 e. The maximum atomic E-state index is 13.0. The summed E-state index contributed by atoms with van der Waals surface area (Å²) in [6, 6.07) is 4.07. The van der Waals surface area contributed by atoms with Crippen LogP contribution in [0.4, 0.5) is 5.69 Å². The Bertz CT molecular complexity index is 773. The predicted molar refractivity (Wildman–Crippen MR) is 102 cm³/mol. The fourth-order valence-corrected chi connectivity index (χ4v) is 3.87. The number of hydrogen-bond donors (Lipinski definition) is 2. The van der Waals surface area contributed by atoms with Crippen molar-refractivity contribution in [2.45, 2.75) is 46.1 Å². The minimum Gasteiger partial charge on any atom is -0.506 e. The monoisotopic (exact) mass is 370 g/mol. The zero-order chi connectivity index (χ0) is 19.7. The molecule has 6 heteroatoms. The van der Waals surface area contributed by atoms with Crippen LogP contribution in [-0.2, 0) is 14.4 Å². The molecule has 1 saturated heterocycles. The van der Waals surface area contributed by atoms with Gasteiger partial charge in [0.25, 0.3) is 0 Å². The van der Waals surface area contributed by atoms with Crippen molar-refractivity contribution in [2.24, 2.45) is 17.8 Å². The Balaban J connectivity index is 1.86. The molecule has 6 nitrogen and oxygen atoms in total. The third-order valence-electron chi connectivity index (χ3n) is 5.26. The van der Waals surface area contributed by atoms with Gasteiger partial charge in [-0.05, 0) is 49.8 Å². The molecule has 27 heavy (non-hydrogen) atoms. The number of nitrogens with one attached hydrogen (secondary N) is 1. The zero-order valence-corrected chi connectivity index (χ0v) is 15.9. The average Bonchev–Trinajstić information content (AvgIpc) is 2.86. The Labute approximate surface area is 159 Å². The summed E-state index contributed by atoms with van der Waals surface area (Å²) < 4.78 is 0. The van der Waals surface area contributed by atoms with Crippen LogP contribution in [0.5, 0.6) is 5.75 Å². The molecule has 1 aromatic rings. The molecule has 2 aliphatic rings. The summed E-state index contributed by atoms with van der Waals surface area (Å²) >= 11 is 0. The van der Waals surface area contributed by atoms with Crippen molar-refractivity contribution in [1.29, 1.82) is 0 Å². The van der Waals surface area contributed by atoms with Gasteiger partial charge in [0.1, 0.15) is 11.8 Å². The quantitative estimate of drug-likeness (QED) is 0.474. The number of rotatable bonds is 5. The van der Waals surface area contributed by atoms with Crippen LogP contribution >= 0.6 is 0 Å². The molecule has 1 aliphatic carbocycles. The van der Waals surface area contributed by atoms with Crippen molar-refractivity contribution in [3.63, 3.8) is 0 Å². The predicted octanol–water partition coefficient (Wildman–Crippen LogP) is 3.01. The number of anilines is 1. The second kappa shape index (κ2) is 7.55. The smallest absolute Gasteiger partial charge is 0.247 e. The molecule has 0 aromatic heterocycles. The van der Waals surface area contributed by atoms with Crippen molar-refractivity contribution >= 4 is 23.4 Å². The van der Waals surface area contributed by atoms with Crippen LogP contribution in [-0.4, -0.2) is 33.8 Å². The highest BCUT2D eigenvalue weighted by atomic mass is 16.3. The first-order valence-electron chi connectivity index (χ1n) is 9.42. The summed E-state index contributed by atoms with van der Waals surface area (Å²) in [4.78, 5) is 39.9. The van der Waals surface area contributed by atoms with E-state index in [0.29, 0.717) is 19.3 Å². The average molecular weight is 370 g/mol. The first kappa shape index (κ1) is 19.1. The molecule has 0 bridgehead atoms. The van der Waals surface area contributed by atoms with Crippen LogP contribution in [0.2, 0.25) is 0 Å². The Morgan fingerprint density at radius 2 is 1.78 bits per heavy atom. The summed E-state index contributed by atoms with van der Waals surface area (Å²) in [5, 5.41) is 12.8. The number of likely N-dealkylation sites (tertiary alicyclic amines) is 1. The molecule has 1 fully saturated rings. The van der Waals surface area contributed by atoms with Gasteiger partial charge >= 0.3 is 0 Å². The van der Waals surface area contributed by atoms with E-state index in [1.165, 1.54) is 4.90 Å². The van der Waals surface area contributed by atoms with Gasteiger partial charge in [-0.2, -0.15) is 0 Å². The van der Waals surface area contributed by atoms with Crippen LogP contribution < -0.4 is 5.32 Å². The number of benzene rings is 1. The molecule has 1 aromatic carbocycles. The van der Waals surface area contributed by atoms with Crippen molar-refractivity contribution in [2.75, 3.05) is 5.32 Å². The molecule has 0 spiro atoms. The SMILES string of the molecule is Cc1ccc(NC(=O)[C@H](CC(C)C)N2C(=O)[C@H]3CC=CC[C@@H]3C2=O)c(O)c1. The topological polar surface area (TPSA) is 86.7 Å². The molecule has 0 radical (unpaired) electrons.